The van der Waals surface area contributed by atoms with Gasteiger partial charge in [-0.05, 0) is 48.5 Å². The van der Waals surface area contributed by atoms with Gasteiger partial charge in [-0.1, -0.05) is 42.1 Å². The molecule has 2 N–H and O–H groups in total. The van der Waals surface area contributed by atoms with Gasteiger partial charge in [0.1, 0.15) is 11.5 Å². The van der Waals surface area contributed by atoms with Crippen molar-refractivity contribution in [3.63, 3.8) is 0 Å². The summed E-state index contributed by atoms with van der Waals surface area (Å²) >= 11 is 1.38. The first-order valence-corrected chi connectivity index (χ1v) is 9.45. The zero-order chi connectivity index (χ0) is 18.5. The Hall–Kier alpha value is -3.25. The molecule has 134 valence electrons. The third kappa shape index (κ3) is 4.48. The van der Waals surface area contributed by atoms with E-state index >= 15 is 0 Å². The van der Waals surface area contributed by atoms with Gasteiger partial charge in [-0.3, -0.25) is 4.79 Å². The minimum Gasteiger partial charge on any atom is -0.457 e. The van der Waals surface area contributed by atoms with Crippen molar-refractivity contribution in [2.45, 2.75) is 5.16 Å². The number of hydrogen-bond donors (Lipinski definition) is 2. The molecule has 0 saturated heterocycles. The molecule has 0 bridgehead atoms. The fourth-order valence-electron chi connectivity index (χ4n) is 2.56. The van der Waals surface area contributed by atoms with Crippen LogP contribution in [0, 0.1) is 0 Å². The normalized spacial score (nSPS) is 10.7. The van der Waals surface area contributed by atoms with E-state index in [2.05, 4.69) is 15.3 Å². The highest BCUT2D eigenvalue weighted by atomic mass is 32.2. The van der Waals surface area contributed by atoms with E-state index in [0.717, 1.165) is 33.4 Å². The molecular weight excluding hydrogens is 358 g/mol. The summed E-state index contributed by atoms with van der Waals surface area (Å²) in [7, 11) is 0. The topological polar surface area (TPSA) is 67.0 Å². The van der Waals surface area contributed by atoms with Gasteiger partial charge in [0.15, 0.2) is 5.16 Å². The van der Waals surface area contributed by atoms with Gasteiger partial charge in [0.25, 0.3) is 0 Å². The number of H-pyrrole nitrogens is 1. The van der Waals surface area contributed by atoms with Crippen LogP contribution in [-0.2, 0) is 4.79 Å². The molecule has 0 aliphatic carbocycles. The second-order valence-corrected chi connectivity index (χ2v) is 6.80. The molecule has 0 saturated carbocycles. The van der Waals surface area contributed by atoms with E-state index in [4.69, 9.17) is 4.74 Å². The average Bonchev–Trinajstić information content (AvgIpc) is 3.12. The maximum Gasteiger partial charge on any atom is 0.234 e. The van der Waals surface area contributed by atoms with E-state index in [-0.39, 0.29) is 11.7 Å². The van der Waals surface area contributed by atoms with E-state index in [0.29, 0.717) is 0 Å². The molecular formula is C21H17N3O2S. The number of nitrogens with zero attached hydrogens (tertiary/aromatic N) is 1. The largest absolute Gasteiger partial charge is 0.457 e. The van der Waals surface area contributed by atoms with Crippen LogP contribution in [0.5, 0.6) is 11.5 Å². The molecule has 1 aromatic heterocycles. The number of imidazole rings is 1. The average molecular weight is 375 g/mol. The number of anilines is 1. The lowest BCUT2D eigenvalue weighted by Crippen LogP contribution is -2.13. The summed E-state index contributed by atoms with van der Waals surface area (Å²) in [6.07, 6.45) is 0. The molecule has 3 aromatic carbocycles. The predicted molar refractivity (Wildman–Crippen MR) is 108 cm³/mol. The van der Waals surface area contributed by atoms with Crippen LogP contribution in [0.15, 0.2) is 84.0 Å². The number of hydrogen-bond acceptors (Lipinski definition) is 4. The van der Waals surface area contributed by atoms with Gasteiger partial charge in [-0.2, -0.15) is 0 Å². The molecule has 1 heterocycles. The smallest absolute Gasteiger partial charge is 0.234 e. The predicted octanol–water partition coefficient (Wildman–Crippen LogP) is 5.09. The summed E-state index contributed by atoms with van der Waals surface area (Å²) in [6, 6.07) is 24.7. The van der Waals surface area contributed by atoms with E-state index in [1.54, 1.807) is 0 Å². The van der Waals surface area contributed by atoms with Crippen LogP contribution in [0.1, 0.15) is 0 Å². The molecule has 4 aromatic rings. The van der Waals surface area contributed by atoms with E-state index < -0.39 is 0 Å². The van der Waals surface area contributed by atoms with Crippen molar-refractivity contribution in [3.05, 3.63) is 78.9 Å². The number of carbonyl (C=O) groups is 1. The Labute approximate surface area is 160 Å². The van der Waals surface area contributed by atoms with E-state index in [9.17, 15) is 4.79 Å². The van der Waals surface area contributed by atoms with E-state index in [1.165, 1.54) is 11.8 Å². The summed E-state index contributed by atoms with van der Waals surface area (Å²) in [5.41, 5.74) is 2.59. The monoisotopic (exact) mass is 375 g/mol. The van der Waals surface area contributed by atoms with Gasteiger partial charge in [0.05, 0.1) is 16.8 Å². The number of rotatable bonds is 6. The second kappa shape index (κ2) is 7.97. The van der Waals surface area contributed by atoms with Crippen molar-refractivity contribution in [1.82, 2.24) is 9.97 Å². The molecule has 0 atom stereocenters. The van der Waals surface area contributed by atoms with Crippen molar-refractivity contribution < 1.29 is 9.53 Å². The first-order valence-electron chi connectivity index (χ1n) is 8.47. The van der Waals surface area contributed by atoms with Crippen LogP contribution >= 0.6 is 11.8 Å². The lowest BCUT2D eigenvalue weighted by Gasteiger charge is -2.07. The lowest BCUT2D eigenvalue weighted by atomic mass is 10.3. The summed E-state index contributed by atoms with van der Waals surface area (Å²) in [5, 5.41) is 3.61. The Morgan fingerprint density at radius 3 is 2.41 bits per heavy atom. The van der Waals surface area contributed by atoms with Crippen LogP contribution in [-0.4, -0.2) is 21.6 Å². The fraction of sp³-hybridized carbons (Fsp3) is 0.0476. The molecule has 4 rings (SSSR count). The first-order chi connectivity index (χ1) is 13.3. The molecule has 0 aliphatic heterocycles. The lowest BCUT2D eigenvalue weighted by molar-refractivity contribution is -0.113. The Morgan fingerprint density at radius 2 is 1.63 bits per heavy atom. The number of benzene rings is 3. The Bertz CT molecular complexity index is 1010. The highest BCUT2D eigenvalue weighted by Crippen LogP contribution is 2.23. The third-order valence-electron chi connectivity index (χ3n) is 3.82. The molecule has 0 fully saturated rings. The van der Waals surface area contributed by atoms with Crippen molar-refractivity contribution in [2.24, 2.45) is 0 Å². The zero-order valence-electron chi connectivity index (χ0n) is 14.4. The number of carbonyl (C=O) groups excluding carboxylic acids is 1. The summed E-state index contributed by atoms with van der Waals surface area (Å²) < 4.78 is 5.74. The molecule has 0 unspecified atom stereocenters. The van der Waals surface area contributed by atoms with Crippen LogP contribution in [0.2, 0.25) is 0 Å². The van der Waals surface area contributed by atoms with Gasteiger partial charge in [-0.25, -0.2) is 4.98 Å². The standard InChI is InChI=1S/C21H17N3O2S/c25-20(14-27-21-23-18-8-4-5-9-19(18)24-21)22-15-10-12-17(13-11-15)26-16-6-2-1-3-7-16/h1-13H,14H2,(H,22,25)(H,23,24). The van der Waals surface area contributed by atoms with Gasteiger partial charge in [0, 0.05) is 5.69 Å². The number of ether oxygens (including phenoxy) is 1. The summed E-state index contributed by atoms with van der Waals surface area (Å²) in [5.74, 6) is 1.69. The Morgan fingerprint density at radius 1 is 0.926 bits per heavy atom. The van der Waals surface area contributed by atoms with Gasteiger partial charge >= 0.3 is 0 Å². The quantitative estimate of drug-likeness (QED) is 0.461. The van der Waals surface area contributed by atoms with Gasteiger partial charge in [-0.15, -0.1) is 0 Å². The van der Waals surface area contributed by atoms with E-state index in [1.807, 2.05) is 78.9 Å². The second-order valence-electron chi connectivity index (χ2n) is 5.84. The highest BCUT2D eigenvalue weighted by molar-refractivity contribution is 7.99. The number of para-hydroxylation sites is 3. The third-order valence-corrected chi connectivity index (χ3v) is 4.70. The fourth-order valence-corrected chi connectivity index (χ4v) is 3.24. The Balaban J connectivity index is 1.31. The minimum absolute atomic E-state index is 0.0859. The number of amides is 1. The number of aromatic nitrogens is 2. The zero-order valence-corrected chi connectivity index (χ0v) is 15.2. The van der Waals surface area contributed by atoms with Crippen molar-refractivity contribution in [2.75, 3.05) is 11.1 Å². The number of fused-ring (bicyclic) bond motifs is 1. The Kier molecular flexibility index (Phi) is 5.07. The molecule has 0 radical (unpaired) electrons. The first kappa shape index (κ1) is 17.2. The van der Waals surface area contributed by atoms with Crippen molar-refractivity contribution >= 4 is 34.4 Å². The molecule has 0 aliphatic rings. The molecule has 5 nitrogen and oxygen atoms in total. The minimum atomic E-state index is -0.0859. The van der Waals surface area contributed by atoms with Crippen LogP contribution in [0.25, 0.3) is 11.0 Å². The van der Waals surface area contributed by atoms with Crippen LogP contribution in [0.3, 0.4) is 0 Å². The molecule has 1 amide bonds. The summed E-state index contributed by atoms with van der Waals surface area (Å²) in [4.78, 5) is 19.8. The van der Waals surface area contributed by atoms with Gasteiger partial charge < -0.3 is 15.0 Å². The number of nitrogens with one attached hydrogen (secondary N) is 2. The van der Waals surface area contributed by atoms with Crippen molar-refractivity contribution in [1.29, 1.82) is 0 Å². The molecule has 27 heavy (non-hydrogen) atoms. The molecule has 0 spiro atoms. The number of aromatic amines is 1. The molecule has 6 heteroatoms. The highest BCUT2D eigenvalue weighted by Gasteiger charge is 2.07. The van der Waals surface area contributed by atoms with Crippen LogP contribution < -0.4 is 10.1 Å². The summed E-state index contributed by atoms with van der Waals surface area (Å²) in [6.45, 7) is 0. The van der Waals surface area contributed by atoms with Crippen LogP contribution in [0.4, 0.5) is 5.69 Å². The van der Waals surface area contributed by atoms with Crippen molar-refractivity contribution in [3.8, 4) is 11.5 Å². The maximum absolute atomic E-state index is 12.2. The number of thioether (sulfide) groups is 1. The van der Waals surface area contributed by atoms with Gasteiger partial charge in [0.2, 0.25) is 5.91 Å². The maximum atomic E-state index is 12.2. The SMILES string of the molecule is O=C(CSc1nc2ccccc2[nH]1)Nc1ccc(Oc2ccccc2)cc1.